The lowest BCUT2D eigenvalue weighted by atomic mass is 10.9. The predicted octanol–water partition coefficient (Wildman–Crippen LogP) is 1.28. The maximum Gasteiger partial charge on any atom is 0.117 e. The zero-order chi connectivity index (χ0) is 6.95. The molecule has 0 aromatic rings. The molecule has 0 unspecified atom stereocenters. The van der Waals surface area contributed by atoms with Crippen LogP contribution in [0.25, 0.3) is 0 Å². The van der Waals surface area contributed by atoms with Crippen molar-refractivity contribution in [1.82, 2.24) is 0 Å². The van der Waals surface area contributed by atoms with E-state index in [2.05, 4.69) is 21.6 Å². The Bertz CT molecular complexity index is 144. The number of nitrogens with zero attached hydrogens (tertiary/aromatic N) is 3. The second-order valence-electron chi connectivity index (χ2n) is 1.12. The fourth-order valence-electron chi connectivity index (χ4n) is 0.221. The van der Waals surface area contributed by atoms with Gasteiger partial charge in [0, 0.05) is 12.4 Å². The Hall–Kier alpha value is -1.25. The lowest BCUT2D eigenvalue weighted by Crippen LogP contribution is -1.67. The average molecular weight is 123 g/mol. The highest BCUT2D eigenvalue weighted by molar-refractivity contribution is 5.77. The summed E-state index contributed by atoms with van der Waals surface area (Å²) in [5, 5.41) is 0. The first-order valence-electron chi connectivity index (χ1n) is 2.53. The first kappa shape index (κ1) is 7.75. The maximum absolute atomic E-state index is 3.70. The molecule has 0 heterocycles. The van der Waals surface area contributed by atoms with Crippen LogP contribution in [0.4, 0.5) is 0 Å². The average Bonchev–Trinajstić information content (AvgIpc) is 1.89. The Morgan fingerprint density at radius 1 is 1.11 bits per heavy atom. The van der Waals surface area contributed by atoms with E-state index < -0.39 is 0 Å². The molecule has 0 aliphatic heterocycles. The molecule has 0 saturated heterocycles. The summed E-state index contributed by atoms with van der Waals surface area (Å²) >= 11 is 0. The fraction of sp³-hybridized carbons (Fsp3) is 0.167. The lowest BCUT2D eigenvalue weighted by molar-refractivity contribution is 1.56. The van der Waals surface area contributed by atoms with Crippen molar-refractivity contribution in [2.45, 2.75) is 6.92 Å². The zero-order valence-electron chi connectivity index (χ0n) is 5.36. The van der Waals surface area contributed by atoms with E-state index >= 15 is 0 Å². The van der Waals surface area contributed by atoms with Gasteiger partial charge in [0.1, 0.15) is 12.7 Å². The van der Waals surface area contributed by atoms with Gasteiger partial charge < -0.3 is 0 Å². The van der Waals surface area contributed by atoms with Crippen molar-refractivity contribution in [3.05, 3.63) is 12.8 Å². The highest BCUT2D eigenvalue weighted by Gasteiger charge is 1.57. The maximum atomic E-state index is 3.70. The number of hydrogen-bond acceptors (Lipinski definition) is 1. The summed E-state index contributed by atoms with van der Waals surface area (Å²) in [7, 11) is 0. The number of hydrogen-bond donors (Lipinski definition) is 0. The molecule has 0 aromatic heterocycles. The van der Waals surface area contributed by atoms with Gasteiger partial charge in [-0.05, 0) is 6.92 Å². The molecule has 0 aliphatic rings. The molecule has 3 heteroatoms. The van der Waals surface area contributed by atoms with Gasteiger partial charge in [-0.25, -0.2) is 15.0 Å². The second-order valence-corrected chi connectivity index (χ2v) is 1.12. The Kier molecular flexibility index (Phi) is 5.81. The molecule has 0 amide bonds. The third kappa shape index (κ3) is 6.75. The summed E-state index contributed by atoms with van der Waals surface area (Å²) in [5.41, 5.74) is 0. The molecular formula is C6H9N3. The Morgan fingerprint density at radius 3 is 2.33 bits per heavy atom. The molecule has 0 fully saturated rings. The molecular weight excluding hydrogens is 114 g/mol. The van der Waals surface area contributed by atoms with Crippen molar-refractivity contribution >= 4 is 18.9 Å². The smallest absolute Gasteiger partial charge is 0.117 e. The van der Waals surface area contributed by atoms with E-state index in [4.69, 9.17) is 0 Å². The lowest BCUT2D eigenvalue weighted by Gasteiger charge is -1.70. The Labute approximate surface area is 54.6 Å². The SMILES string of the molecule is C=C\N=C/N=C\N=C\C. The summed E-state index contributed by atoms with van der Waals surface area (Å²) in [6, 6.07) is 0. The van der Waals surface area contributed by atoms with Gasteiger partial charge in [0.05, 0.1) is 0 Å². The van der Waals surface area contributed by atoms with Crippen LogP contribution in [0, 0.1) is 0 Å². The predicted molar refractivity (Wildman–Crippen MR) is 41.3 cm³/mol. The van der Waals surface area contributed by atoms with Crippen molar-refractivity contribution in [3.8, 4) is 0 Å². The molecule has 0 bridgehead atoms. The molecule has 0 N–H and O–H groups in total. The van der Waals surface area contributed by atoms with Crippen molar-refractivity contribution in [1.29, 1.82) is 0 Å². The normalized spacial score (nSPS) is 12.1. The van der Waals surface area contributed by atoms with Crippen LogP contribution < -0.4 is 0 Å². The first-order valence-corrected chi connectivity index (χ1v) is 2.53. The summed E-state index contributed by atoms with van der Waals surface area (Å²) in [6.45, 7) is 5.18. The van der Waals surface area contributed by atoms with Crippen molar-refractivity contribution in [2.75, 3.05) is 0 Å². The third-order valence-corrected chi connectivity index (χ3v) is 0.521. The van der Waals surface area contributed by atoms with Crippen LogP contribution in [0.1, 0.15) is 6.92 Å². The first-order chi connectivity index (χ1) is 4.41. The topological polar surface area (TPSA) is 37.1 Å². The summed E-state index contributed by atoms with van der Waals surface area (Å²) in [6.07, 6.45) is 5.84. The third-order valence-electron chi connectivity index (χ3n) is 0.521. The van der Waals surface area contributed by atoms with Gasteiger partial charge in [0.15, 0.2) is 0 Å². The van der Waals surface area contributed by atoms with Gasteiger partial charge >= 0.3 is 0 Å². The number of rotatable bonds is 3. The zero-order valence-corrected chi connectivity index (χ0v) is 5.36. The van der Waals surface area contributed by atoms with Crippen molar-refractivity contribution in [3.63, 3.8) is 0 Å². The standard InChI is InChI=1S/C6H9N3/c1-3-7-5-9-6-8-4-2/h3-6H,1H2,2H3/b7-5-,8-4+,9-6-. The van der Waals surface area contributed by atoms with Crippen LogP contribution in [-0.2, 0) is 0 Å². The minimum absolute atomic E-state index is 1.38. The molecule has 48 valence electrons. The van der Waals surface area contributed by atoms with E-state index in [0.29, 0.717) is 0 Å². The molecule has 0 rings (SSSR count). The minimum atomic E-state index is 1.38. The molecule has 0 aliphatic carbocycles. The number of aliphatic imine (C=N–C) groups is 3. The monoisotopic (exact) mass is 123 g/mol. The van der Waals surface area contributed by atoms with Crippen LogP contribution in [0.3, 0.4) is 0 Å². The van der Waals surface area contributed by atoms with Crippen LogP contribution >= 0.6 is 0 Å². The van der Waals surface area contributed by atoms with Gasteiger partial charge in [-0.15, -0.1) is 0 Å². The van der Waals surface area contributed by atoms with E-state index in [9.17, 15) is 0 Å². The molecule has 0 radical (unpaired) electrons. The Balaban J connectivity index is 3.46. The summed E-state index contributed by atoms with van der Waals surface area (Å²) < 4.78 is 0. The molecule has 0 aromatic carbocycles. The summed E-state index contributed by atoms with van der Waals surface area (Å²) in [4.78, 5) is 11.0. The van der Waals surface area contributed by atoms with E-state index in [1.807, 2.05) is 6.92 Å². The van der Waals surface area contributed by atoms with E-state index in [1.165, 1.54) is 18.9 Å². The molecule has 0 saturated carbocycles. The quantitative estimate of drug-likeness (QED) is 0.400. The highest BCUT2D eigenvalue weighted by Crippen LogP contribution is 1.64. The van der Waals surface area contributed by atoms with Gasteiger partial charge in [-0.1, -0.05) is 6.58 Å². The Morgan fingerprint density at radius 2 is 1.78 bits per heavy atom. The minimum Gasteiger partial charge on any atom is -0.249 e. The largest absolute Gasteiger partial charge is 0.249 e. The summed E-state index contributed by atoms with van der Waals surface area (Å²) in [5.74, 6) is 0. The molecule has 3 nitrogen and oxygen atoms in total. The van der Waals surface area contributed by atoms with Crippen molar-refractivity contribution in [2.24, 2.45) is 15.0 Å². The van der Waals surface area contributed by atoms with Crippen LogP contribution in [0.15, 0.2) is 27.8 Å². The van der Waals surface area contributed by atoms with E-state index in [1.54, 1.807) is 6.21 Å². The van der Waals surface area contributed by atoms with E-state index in [0.717, 1.165) is 0 Å². The molecule has 9 heavy (non-hydrogen) atoms. The van der Waals surface area contributed by atoms with Crippen LogP contribution in [0.2, 0.25) is 0 Å². The molecule has 0 spiro atoms. The second kappa shape index (κ2) is 6.75. The van der Waals surface area contributed by atoms with Gasteiger partial charge in [-0.3, -0.25) is 0 Å². The van der Waals surface area contributed by atoms with Crippen LogP contribution in [0.5, 0.6) is 0 Å². The van der Waals surface area contributed by atoms with Crippen molar-refractivity contribution < 1.29 is 0 Å². The van der Waals surface area contributed by atoms with Gasteiger partial charge in [0.2, 0.25) is 0 Å². The van der Waals surface area contributed by atoms with Crippen LogP contribution in [-0.4, -0.2) is 18.9 Å². The van der Waals surface area contributed by atoms with Gasteiger partial charge in [-0.2, -0.15) is 0 Å². The fourth-order valence-corrected chi connectivity index (χ4v) is 0.221. The van der Waals surface area contributed by atoms with Gasteiger partial charge in [0.25, 0.3) is 0 Å². The molecule has 0 atom stereocenters. The highest BCUT2D eigenvalue weighted by atomic mass is 14.9. The van der Waals surface area contributed by atoms with E-state index in [-0.39, 0.29) is 0 Å².